The molecule has 1 heterocycles. The van der Waals surface area contributed by atoms with Gasteiger partial charge in [0, 0.05) is 6.20 Å². The first kappa shape index (κ1) is 12.4. The molecule has 0 fully saturated rings. The summed E-state index contributed by atoms with van der Waals surface area (Å²) in [5, 5.41) is 30.6. The van der Waals surface area contributed by atoms with Crippen molar-refractivity contribution in [2.24, 2.45) is 0 Å². The van der Waals surface area contributed by atoms with Crippen molar-refractivity contribution in [3.05, 3.63) is 27.9 Å². The second-order valence-corrected chi connectivity index (χ2v) is 2.79. The van der Waals surface area contributed by atoms with Crippen LogP contribution in [0.4, 0.5) is 11.5 Å². The molecule has 0 aliphatic carbocycles. The average Bonchev–Trinajstić information content (AvgIpc) is 2.33. The summed E-state index contributed by atoms with van der Waals surface area (Å²) in [7, 11) is 0. The second-order valence-electron chi connectivity index (χ2n) is 2.79. The minimum atomic E-state index is -0.673. The number of anilines is 1. The number of nitro groups is 1. The van der Waals surface area contributed by atoms with Crippen LogP contribution in [0.25, 0.3) is 0 Å². The van der Waals surface area contributed by atoms with Gasteiger partial charge < -0.3 is 10.4 Å². The maximum absolute atomic E-state index is 10.8. The number of pyridine rings is 1. The predicted octanol–water partition coefficient (Wildman–Crippen LogP) is 0.269. The van der Waals surface area contributed by atoms with Crippen molar-refractivity contribution >= 4 is 11.5 Å². The van der Waals surface area contributed by atoms with Crippen molar-refractivity contribution in [1.82, 2.24) is 4.98 Å². The minimum Gasteiger partial charge on any atom is -0.384 e. The first-order chi connectivity index (χ1) is 8.20. The fourth-order valence-electron chi connectivity index (χ4n) is 1.10. The molecule has 0 radical (unpaired) electrons. The van der Waals surface area contributed by atoms with E-state index < -0.39 is 4.92 Å². The largest absolute Gasteiger partial charge is 0.384 e. The molecule has 0 amide bonds. The Hall–Kier alpha value is -2.64. The molecule has 86 valence electrons. The van der Waals surface area contributed by atoms with Gasteiger partial charge in [0.25, 0.3) is 0 Å². The van der Waals surface area contributed by atoms with E-state index in [0.29, 0.717) is 0 Å². The van der Waals surface area contributed by atoms with Gasteiger partial charge in [0.2, 0.25) is 5.82 Å². The van der Waals surface area contributed by atoms with Gasteiger partial charge in [0.15, 0.2) is 0 Å². The molecule has 7 heteroatoms. The Labute approximate surface area is 96.9 Å². The number of hydrogen-bond acceptors (Lipinski definition) is 6. The summed E-state index contributed by atoms with van der Waals surface area (Å²) >= 11 is 0. The normalized spacial score (nSPS) is 8.71. The number of nitriles is 1. The molecule has 2 N–H and O–H groups in total. The van der Waals surface area contributed by atoms with Gasteiger partial charge in [0.05, 0.1) is 11.5 Å². The molecule has 0 aromatic carbocycles. The number of hydrogen-bond donors (Lipinski definition) is 2. The van der Waals surface area contributed by atoms with Gasteiger partial charge in [-0.3, -0.25) is 10.1 Å². The van der Waals surface area contributed by atoms with E-state index in [4.69, 9.17) is 10.4 Å². The Morgan fingerprint density at radius 2 is 2.35 bits per heavy atom. The van der Waals surface area contributed by atoms with Crippen LogP contribution in [-0.2, 0) is 0 Å². The Bertz CT molecular complexity index is 525. The lowest BCUT2D eigenvalue weighted by molar-refractivity contribution is -0.384. The maximum atomic E-state index is 10.8. The summed E-state index contributed by atoms with van der Waals surface area (Å²) in [4.78, 5) is 13.9. The average molecular weight is 232 g/mol. The van der Waals surface area contributed by atoms with Gasteiger partial charge in [-0.25, -0.2) is 4.98 Å². The van der Waals surface area contributed by atoms with Crippen LogP contribution in [0.5, 0.6) is 0 Å². The summed E-state index contributed by atoms with van der Waals surface area (Å²) in [6.07, 6.45) is 1.30. The van der Waals surface area contributed by atoms with Crippen LogP contribution in [0.3, 0.4) is 0 Å². The van der Waals surface area contributed by atoms with E-state index in [1.165, 1.54) is 12.3 Å². The molecule has 1 aromatic rings. The molecule has 1 aromatic heterocycles. The van der Waals surface area contributed by atoms with Crippen LogP contribution in [0.2, 0.25) is 0 Å². The standard InChI is InChI=1S/C10H8N4O3/c11-7-8-3-5-13-10(9(8)14(16)17)12-4-1-2-6-15/h3,5,15H,4,6H2,(H,12,13). The SMILES string of the molecule is N#Cc1ccnc(NCC#CCO)c1[N+](=O)[O-]. The Kier molecular flexibility index (Phi) is 4.43. The Morgan fingerprint density at radius 1 is 1.59 bits per heavy atom. The van der Waals surface area contributed by atoms with Crippen LogP contribution in [0, 0.1) is 33.3 Å². The first-order valence-corrected chi connectivity index (χ1v) is 4.54. The van der Waals surface area contributed by atoms with Gasteiger partial charge in [-0.2, -0.15) is 5.26 Å². The molecule has 0 saturated heterocycles. The quantitative estimate of drug-likeness (QED) is 0.439. The summed E-state index contributed by atoms with van der Waals surface area (Å²) < 4.78 is 0. The van der Waals surface area contributed by atoms with Crippen LogP contribution >= 0.6 is 0 Å². The lowest BCUT2D eigenvalue weighted by Gasteiger charge is -2.02. The third kappa shape index (κ3) is 3.16. The van der Waals surface area contributed by atoms with Crippen molar-refractivity contribution < 1.29 is 10.0 Å². The zero-order chi connectivity index (χ0) is 12.7. The van der Waals surface area contributed by atoms with Crippen LogP contribution in [-0.4, -0.2) is 28.2 Å². The molecule has 17 heavy (non-hydrogen) atoms. The fourth-order valence-corrected chi connectivity index (χ4v) is 1.10. The third-order valence-electron chi connectivity index (χ3n) is 1.78. The Morgan fingerprint density at radius 3 is 2.94 bits per heavy atom. The molecule has 0 bridgehead atoms. The zero-order valence-corrected chi connectivity index (χ0v) is 8.67. The topological polar surface area (TPSA) is 112 Å². The van der Waals surface area contributed by atoms with E-state index in [1.807, 2.05) is 0 Å². The van der Waals surface area contributed by atoms with Gasteiger partial charge in [0.1, 0.15) is 18.2 Å². The van der Waals surface area contributed by atoms with Gasteiger partial charge >= 0.3 is 5.69 Å². The molecule has 0 aliphatic rings. The van der Waals surface area contributed by atoms with Crippen molar-refractivity contribution in [3.63, 3.8) is 0 Å². The minimum absolute atomic E-state index is 0.0127. The third-order valence-corrected chi connectivity index (χ3v) is 1.78. The highest BCUT2D eigenvalue weighted by Gasteiger charge is 2.20. The first-order valence-electron chi connectivity index (χ1n) is 4.54. The summed E-state index contributed by atoms with van der Waals surface area (Å²) in [6.45, 7) is -0.182. The highest BCUT2D eigenvalue weighted by molar-refractivity contribution is 5.64. The molecule has 0 aliphatic heterocycles. The fraction of sp³-hybridized carbons (Fsp3) is 0.200. The van der Waals surface area contributed by atoms with Crippen LogP contribution in [0.15, 0.2) is 12.3 Å². The number of aliphatic hydroxyl groups excluding tert-OH is 1. The predicted molar refractivity (Wildman–Crippen MR) is 59.0 cm³/mol. The highest BCUT2D eigenvalue weighted by atomic mass is 16.6. The Balaban J connectivity index is 2.99. The molecular weight excluding hydrogens is 224 g/mol. The molecule has 0 unspecified atom stereocenters. The van der Waals surface area contributed by atoms with Gasteiger partial charge in [-0.1, -0.05) is 11.8 Å². The number of nitrogens with zero attached hydrogens (tertiary/aromatic N) is 3. The number of nitrogens with one attached hydrogen (secondary N) is 1. The van der Waals surface area contributed by atoms with Gasteiger partial charge in [-0.15, -0.1) is 0 Å². The van der Waals surface area contributed by atoms with E-state index in [1.54, 1.807) is 6.07 Å². The second kappa shape index (κ2) is 6.05. The van der Waals surface area contributed by atoms with E-state index >= 15 is 0 Å². The molecule has 0 saturated carbocycles. The number of aliphatic hydroxyl groups is 1. The van der Waals surface area contributed by atoms with Crippen molar-refractivity contribution in [3.8, 4) is 17.9 Å². The van der Waals surface area contributed by atoms with E-state index in [0.717, 1.165) is 0 Å². The van der Waals surface area contributed by atoms with Gasteiger partial charge in [-0.05, 0) is 6.07 Å². The number of aromatic nitrogens is 1. The van der Waals surface area contributed by atoms with E-state index in [-0.39, 0.29) is 30.2 Å². The molecule has 0 spiro atoms. The van der Waals surface area contributed by atoms with Crippen LogP contribution in [0.1, 0.15) is 5.56 Å². The monoisotopic (exact) mass is 232 g/mol. The summed E-state index contributed by atoms with van der Waals surface area (Å²) in [5.74, 6) is 4.89. The van der Waals surface area contributed by atoms with E-state index in [9.17, 15) is 10.1 Å². The molecule has 1 rings (SSSR count). The molecule has 7 nitrogen and oxygen atoms in total. The van der Waals surface area contributed by atoms with Crippen LogP contribution < -0.4 is 5.32 Å². The van der Waals surface area contributed by atoms with Crippen molar-refractivity contribution in [2.75, 3.05) is 18.5 Å². The zero-order valence-electron chi connectivity index (χ0n) is 8.67. The maximum Gasteiger partial charge on any atom is 0.329 e. The van der Waals surface area contributed by atoms with E-state index in [2.05, 4.69) is 22.1 Å². The van der Waals surface area contributed by atoms with Crippen molar-refractivity contribution in [1.29, 1.82) is 5.26 Å². The molecule has 0 atom stereocenters. The smallest absolute Gasteiger partial charge is 0.329 e. The lowest BCUT2D eigenvalue weighted by atomic mass is 10.2. The van der Waals surface area contributed by atoms with Crippen molar-refractivity contribution in [2.45, 2.75) is 0 Å². The number of rotatable bonds is 3. The highest BCUT2D eigenvalue weighted by Crippen LogP contribution is 2.25. The summed E-state index contributed by atoms with van der Waals surface area (Å²) in [6, 6.07) is 2.99. The summed E-state index contributed by atoms with van der Waals surface area (Å²) in [5.41, 5.74) is -0.441. The molecular formula is C10H8N4O3. The lowest BCUT2D eigenvalue weighted by Crippen LogP contribution is -2.06.